The van der Waals surface area contributed by atoms with Crippen molar-refractivity contribution in [2.45, 2.75) is 27.7 Å². The van der Waals surface area contributed by atoms with Gasteiger partial charge in [0.15, 0.2) is 0 Å². The maximum atomic E-state index is 12.4. The molecule has 0 saturated heterocycles. The van der Waals surface area contributed by atoms with Crippen LogP contribution in [-0.4, -0.2) is 19.0 Å². The molecule has 0 atom stereocenters. The summed E-state index contributed by atoms with van der Waals surface area (Å²) in [5.74, 6) is -0.488. The number of rotatable bonds is 7. The highest BCUT2D eigenvalue weighted by molar-refractivity contribution is 6.31. The summed E-state index contributed by atoms with van der Waals surface area (Å²) in [6.07, 6.45) is 1.43. The quantitative estimate of drug-likeness (QED) is 0.494. The third kappa shape index (κ3) is 5.05. The maximum Gasteiger partial charge on any atom is 0.267 e. The van der Waals surface area contributed by atoms with Gasteiger partial charge in [-0.25, -0.2) is 0 Å². The minimum atomic E-state index is -0.488. The summed E-state index contributed by atoms with van der Waals surface area (Å²) in [5, 5.41) is 15.7. The average molecular weight is 397 g/mol. The number of halogens is 1. The Labute approximate surface area is 171 Å². The van der Waals surface area contributed by atoms with E-state index in [-0.39, 0.29) is 5.57 Å². The van der Waals surface area contributed by atoms with Gasteiger partial charge in [0.05, 0.1) is 0 Å². The van der Waals surface area contributed by atoms with Crippen molar-refractivity contribution in [3.63, 3.8) is 0 Å². The summed E-state index contributed by atoms with van der Waals surface area (Å²) in [6.45, 7) is 9.91. The van der Waals surface area contributed by atoms with E-state index in [2.05, 4.69) is 35.4 Å². The molecular weight excluding hydrogens is 372 g/mol. The van der Waals surface area contributed by atoms with Crippen LogP contribution in [0.3, 0.4) is 0 Å². The summed E-state index contributed by atoms with van der Waals surface area (Å²) in [4.78, 5) is 14.7. The highest BCUT2D eigenvalue weighted by atomic mass is 35.5. The molecule has 2 rings (SSSR count). The van der Waals surface area contributed by atoms with Crippen LogP contribution in [0, 0.1) is 25.2 Å². The van der Waals surface area contributed by atoms with Gasteiger partial charge in [-0.3, -0.25) is 4.79 Å². The number of hydrogen-bond donors (Lipinski definition) is 2. The van der Waals surface area contributed by atoms with Crippen LogP contribution in [0.15, 0.2) is 48.2 Å². The van der Waals surface area contributed by atoms with Crippen LogP contribution in [0.25, 0.3) is 0 Å². The Balaban J connectivity index is 2.16. The van der Waals surface area contributed by atoms with E-state index in [4.69, 9.17) is 11.6 Å². The van der Waals surface area contributed by atoms with Gasteiger partial charge < -0.3 is 15.5 Å². The van der Waals surface area contributed by atoms with E-state index >= 15 is 0 Å². The second kappa shape index (κ2) is 9.82. The van der Waals surface area contributed by atoms with Gasteiger partial charge in [0.2, 0.25) is 0 Å². The topological polar surface area (TPSA) is 68.2 Å². The molecule has 0 aliphatic rings. The molecule has 0 radical (unpaired) electrons. The normalized spacial score (nSPS) is 10.9. The molecule has 0 aliphatic carbocycles. The molecule has 0 saturated carbocycles. The highest BCUT2D eigenvalue weighted by Crippen LogP contribution is 2.24. The maximum absolute atomic E-state index is 12.4. The molecule has 0 unspecified atom stereocenters. The number of carbonyl (C=O) groups excluding carboxylic acids is 1. The monoisotopic (exact) mass is 396 g/mol. The van der Waals surface area contributed by atoms with Gasteiger partial charge in [-0.1, -0.05) is 17.7 Å². The van der Waals surface area contributed by atoms with Gasteiger partial charge in [-0.05, 0) is 69.2 Å². The lowest BCUT2D eigenvalue weighted by atomic mass is 10.1. The zero-order valence-electron chi connectivity index (χ0n) is 16.6. The SMILES string of the molecule is CCN(CC)c1ccc(N/C=C(/C#N)C(=O)Nc2cccc(Cl)c2C)c(C)c1. The fourth-order valence-corrected chi connectivity index (χ4v) is 3.00. The minimum absolute atomic E-state index is 0.0217. The van der Waals surface area contributed by atoms with Crippen LogP contribution in [0.4, 0.5) is 17.1 Å². The Morgan fingerprint density at radius 2 is 1.89 bits per heavy atom. The lowest BCUT2D eigenvalue weighted by molar-refractivity contribution is -0.112. The van der Waals surface area contributed by atoms with Crippen LogP contribution >= 0.6 is 11.6 Å². The van der Waals surface area contributed by atoms with E-state index in [0.29, 0.717) is 10.7 Å². The van der Waals surface area contributed by atoms with Crippen molar-refractivity contribution in [3.05, 3.63) is 64.3 Å². The first-order chi connectivity index (χ1) is 13.4. The predicted molar refractivity (Wildman–Crippen MR) is 117 cm³/mol. The minimum Gasteiger partial charge on any atom is -0.372 e. The molecule has 1 amide bonds. The first-order valence-corrected chi connectivity index (χ1v) is 9.57. The predicted octanol–water partition coefficient (Wildman–Crippen LogP) is 5.26. The molecule has 0 heterocycles. The zero-order chi connectivity index (χ0) is 20.7. The molecule has 6 heteroatoms. The molecule has 28 heavy (non-hydrogen) atoms. The molecule has 2 aromatic carbocycles. The largest absolute Gasteiger partial charge is 0.372 e. The Morgan fingerprint density at radius 1 is 1.18 bits per heavy atom. The van der Waals surface area contributed by atoms with Crippen molar-refractivity contribution >= 4 is 34.6 Å². The fraction of sp³-hybridized carbons (Fsp3) is 0.273. The van der Waals surface area contributed by atoms with E-state index in [0.717, 1.165) is 35.6 Å². The van der Waals surface area contributed by atoms with E-state index in [1.807, 2.05) is 32.0 Å². The molecule has 0 bridgehead atoms. The van der Waals surface area contributed by atoms with Crippen LogP contribution in [-0.2, 0) is 4.79 Å². The van der Waals surface area contributed by atoms with E-state index < -0.39 is 5.91 Å². The summed E-state index contributed by atoms with van der Waals surface area (Å²) in [5.41, 5.74) is 4.33. The number of nitrogens with zero attached hydrogens (tertiary/aromatic N) is 2. The summed E-state index contributed by atoms with van der Waals surface area (Å²) in [7, 11) is 0. The number of aryl methyl sites for hydroxylation is 1. The van der Waals surface area contributed by atoms with E-state index in [1.165, 1.54) is 6.20 Å². The van der Waals surface area contributed by atoms with E-state index in [1.54, 1.807) is 18.2 Å². The zero-order valence-corrected chi connectivity index (χ0v) is 17.4. The van der Waals surface area contributed by atoms with Gasteiger partial charge in [-0.15, -0.1) is 0 Å². The number of benzene rings is 2. The van der Waals surface area contributed by atoms with Gasteiger partial charge in [-0.2, -0.15) is 5.26 Å². The van der Waals surface area contributed by atoms with Crippen molar-refractivity contribution in [1.29, 1.82) is 5.26 Å². The molecule has 0 aromatic heterocycles. The van der Waals surface area contributed by atoms with Crippen LogP contribution in [0.1, 0.15) is 25.0 Å². The second-order valence-corrected chi connectivity index (χ2v) is 6.76. The van der Waals surface area contributed by atoms with E-state index in [9.17, 15) is 10.1 Å². The Hall–Kier alpha value is -2.97. The lowest BCUT2D eigenvalue weighted by Crippen LogP contribution is -2.21. The van der Waals surface area contributed by atoms with Gasteiger partial charge in [0, 0.05) is 41.4 Å². The summed E-state index contributed by atoms with van der Waals surface area (Å²) < 4.78 is 0. The lowest BCUT2D eigenvalue weighted by Gasteiger charge is -2.22. The average Bonchev–Trinajstić information content (AvgIpc) is 2.68. The van der Waals surface area contributed by atoms with Crippen molar-refractivity contribution < 1.29 is 4.79 Å². The second-order valence-electron chi connectivity index (χ2n) is 6.35. The third-order valence-corrected chi connectivity index (χ3v) is 5.00. The first-order valence-electron chi connectivity index (χ1n) is 9.20. The third-order valence-electron chi connectivity index (χ3n) is 4.59. The Morgan fingerprint density at radius 3 is 2.50 bits per heavy atom. The van der Waals surface area contributed by atoms with Crippen LogP contribution in [0.5, 0.6) is 0 Å². The number of nitrogens with one attached hydrogen (secondary N) is 2. The van der Waals surface area contributed by atoms with Gasteiger partial charge in [0.1, 0.15) is 11.6 Å². The van der Waals surface area contributed by atoms with Crippen molar-refractivity contribution in [2.75, 3.05) is 28.6 Å². The molecule has 0 aliphatic heterocycles. The van der Waals surface area contributed by atoms with Crippen LogP contribution in [0.2, 0.25) is 5.02 Å². The van der Waals surface area contributed by atoms with Crippen molar-refractivity contribution in [3.8, 4) is 6.07 Å². The summed E-state index contributed by atoms with van der Waals surface area (Å²) in [6, 6.07) is 13.3. The van der Waals surface area contributed by atoms with Gasteiger partial charge in [0.25, 0.3) is 5.91 Å². The number of anilines is 3. The molecule has 0 spiro atoms. The number of carbonyl (C=O) groups is 1. The Bertz CT molecular complexity index is 927. The first kappa shape index (κ1) is 21.3. The smallest absolute Gasteiger partial charge is 0.267 e. The fourth-order valence-electron chi connectivity index (χ4n) is 2.83. The number of amides is 1. The molecule has 2 N–H and O–H groups in total. The molecular formula is C22H25ClN4O. The van der Waals surface area contributed by atoms with Gasteiger partial charge >= 0.3 is 0 Å². The highest BCUT2D eigenvalue weighted by Gasteiger charge is 2.12. The number of hydrogen-bond acceptors (Lipinski definition) is 4. The van der Waals surface area contributed by atoms with Crippen LogP contribution < -0.4 is 15.5 Å². The molecule has 0 fully saturated rings. The Kier molecular flexibility index (Phi) is 7.48. The van der Waals surface area contributed by atoms with Crippen molar-refractivity contribution in [2.24, 2.45) is 0 Å². The summed E-state index contributed by atoms with van der Waals surface area (Å²) >= 11 is 6.08. The standard InChI is InChI=1S/C22H25ClN4O/c1-5-27(6-2)18-10-11-20(15(3)12-18)25-14-17(13-24)22(28)26-21-9-7-8-19(23)16(21)4/h7-12,14,25H,5-6H2,1-4H3,(H,26,28)/b17-14-. The van der Waals surface area contributed by atoms with Crippen molar-refractivity contribution in [1.82, 2.24) is 0 Å². The number of nitriles is 1. The molecule has 5 nitrogen and oxygen atoms in total. The molecule has 146 valence electrons. The molecule has 2 aromatic rings.